The van der Waals surface area contributed by atoms with Crippen LogP contribution in [0.2, 0.25) is 0 Å². The van der Waals surface area contributed by atoms with E-state index in [9.17, 15) is 27.5 Å². The lowest BCUT2D eigenvalue weighted by Crippen LogP contribution is -2.53. The summed E-state index contributed by atoms with van der Waals surface area (Å²) in [6.45, 7) is 2.37. The van der Waals surface area contributed by atoms with Crippen molar-refractivity contribution in [1.82, 2.24) is 19.8 Å². The van der Waals surface area contributed by atoms with Crippen LogP contribution >= 0.6 is 0 Å². The van der Waals surface area contributed by atoms with Crippen LogP contribution in [0.4, 0.5) is 17.6 Å². The summed E-state index contributed by atoms with van der Waals surface area (Å²) in [6.07, 6.45) is 1.33. The monoisotopic (exact) mass is 536 g/mol. The summed E-state index contributed by atoms with van der Waals surface area (Å²) in [5.41, 5.74) is -0.620. The third-order valence-electron chi connectivity index (χ3n) is 8.20. The number of carbonyl (C=O) groups is 1. The smallest absolute Gasteiger partial charge is 0.395 e. The highest BCUT2D eigenvalue weighted by atomic mass is 19.4. The topological polar surface area (TPSA) is 78.8 Å². The minimum Gasteiger partial charge on any atom is -0.463 e. The minimum absolute atomic E-state index is 0.0851. The standard InChI is InChI=1S/C27H32F4N4O3/c28-23-12-19(24(37)35-11-6-21(36)15-35)2-3-22(23)20-13-32-25(33-14-20)38-16-18-4-9-34(10-5-18)17-26(7-1-8-26)27(29,30)31/h2-3,12-14,18,21,36H,1,4-11,15-17H2/t21-/m0/s1. The first-order valence-corrected chi connectivity index (χ1v) is 13.1. The van der Waals surface area contributed by atoms with Gasteiger partial charge in [0.1, 0.15) is 5.82 Å². The number of halogens is 4. The van der Waals surface area contributed by atoms with Gasteiger partial charge in [-0.1, -0.05) is 12.5 Å². The van der Waals surface area contributed by atoms with Gasteiger partial charge in [-0.25, -0.2) is 14.4 Å². The molecular weight excluding hydrogens is 504 g/mol. The van der Waals surface area contributed by atoms with E-state index in [1.807, 2.05) is 4.90 Å². The number of alkyl halides is 3. The lowest BCUT2D eigenvalue weighted by atomic mass is 9.67. The number of nitrogens with zero attached hydrogens (tertiary/aromatic N) is 4. The summed E-state index contributed by atoms with van der Waals surface area (Å²) >= 11 is 0. The van der Waals surface area contributed by atoms with Crippen LogP contribution in [-0.2, 0) is 0 Å². The van der Waals surface area contributed by atoms with Gasteiger partial charge in [0, 0.05) is 48.7 Å². The highest BCUT2D eigenvalue weighted by Gasteiger charge is 2.58. The van der Waals surface area contributed by atoms with Gasteiger partial charge in [-0.2, -0.15) is 13.2 Å². The van der Waals surface area contributed by atoms with Gasteiger partial charge in [-0.05, 0) is 63.2 Å². The number of ether oxygens (including phenoxy) is 1. The van der Waals surface area contributed by atoms with Crippen LogP contribution in [0.15, 0.2) is 30.6 Å². The third kappa shape index (κ3) is 5.63. The van der Waals surface area contributed by atoms with Crippen LogP contribution in [0.5, 0.6) is 6.01 Å². The van der Waals surface area contributed by atoms with Crippen LogP contribution in [0.1, 0.15) is 48.9 Å². The Kier molecular flexibility index (Phi) is 7.59. The van der Waals surface area contributed by atoms with E-state index in [0.29, 0.717) is 44.6 Å². The molecule has 206 valence electrons. The second-order valence-electron chi connectivity index (χ2n) is 10.8. The molecule has 2 aliphatic heterocycles. The van der Waals surface area contributed by atoms with Crippen LogP contribution in [0.3, 0.4) is 0 Å². The molecule has 7 nitrogen and oxygen atoms in total. The molecule has 0 unspecified atom stereocenters. The highest BCUT2D eigenvalue weighted by Crippen LogP contribution is 2.53. The van der Waals surface area contributed by atoms with Crippen molar-refractivity contribution in [1.29, 1.82) is 0 Å². The van der Waals surface area contributed by atoms with Gasteiger partial charge >= 0.3 is 12.2 Å². The SMILES string of the molecule is O=C(c1ccc(-c2cnc(OCC3CCN(CC4(C(F)(F)F)CCC4)CC3)nc2)c(F)c1)N1CC[C@H](O)C1. The summed E-state index contributed by atoms with van der Waals surface area (Å²) in [5, 5.41) is 9.63. The molecule has 0 radical (unpaired) electrons. The zero-order valence-electron chi connectivity index (χ0n) is 21.1. The maximum atomic E-state index is 14.8. The fourth-order valence-electron chi connectivity index (χ4n) is 5.59. The molecule has 1 aliphatic carbocycles. The molecule has 1 saturated carbocycles. The number of likely N-dealkylation sites (tertiary alicyclic amines) is 2. The summed E-state index contributed by atoms with van der Waals surface area (Å²) in [5.74, 6) is -0.688. The molecule has 11 heteroatoms. The Bertz CT molecular complexity index is 1130. The molecule has 0 bridgehead atoms. The van der Waals surface area contributed by atoms with Crippen LogP contribution in [0.25, 0.3) is 11.1 Å². The van der Waals surface area contributed by atoms with E-state index < -0.39 is 23.5 Å². The molecule has 0 spiro atoms. The average Bonchev–Trinajstić information content (AvgIpc) is 3.31. The Hall–Kier alpha value is -2.79. The Morgan fingerprint density at radius 1 is 1.11 bits per heavy atom. The molecule has 3 heterocycles. The molecule has 1 aromatic carbocycles. The van der Waals surface area contributed by atoms with Gasteiger partial charge in [-0.3, -0.25) is 4.79 Å². The van der Waals surface area contributed by atoms with Crippen LogP contribution in [0, 0.1) is 17.2 Å². The fraction of sp³-hybridized carbons (Fsp3) is 0.593. The molecule has 1 amide bonds. The summed E-state index contributed by atoms with van der Waals surface area (Å²) in [6, 6.07) is 4.39. The third-order valence-corrected chi connectivity index (χ3v) is 8.20. The fourth-order valence-corrected chi connectivity index (χ4v) is 5.59. The van der Waals surface area contributed by atoms with Gasteiger partial charge in [0.2, 0.25) is 0 Å². The van der Waals surface area contributed by atoms with E-state index in [1.165, 1.54) is 29.4 Å². The average molecular weight is 537 g/mol. The van der Waals surface area contributed by atoms with Crippen molar-refractivity contribution in [2.45, 2.75) is 50.8 Å². The number of aromatic nitrogens is 2. The molecule has 2 saturated heterocycles. The molecule has 1 atom stereocenters. The first-order chi connectivity index (χ1) is 18.1. The first kappa shape index (κ1) is 26.8. The highest BCUT2D eigenvalue weighted by molar-refractivity contribution is 5.95. The molecule has 1 N–H and O–H groups in total. The summed E-state index contributed by atoms with van der Waals surface area (Å²) in [4.78, 5) is 24.3. The van der Waals surface area contributed by atoms with E-state index in [-0.39, 0.29) is 54.9 Å². The second-order valence-corrected chi connectivity index (χ2v) is 10.8. The Morgan fingerprint density at radius 2 is 1.82 bits per heavy atom. The van der Waals surface area contributed by atoms with Crippen molar-refractivity contribution in [3.05, 3.63) is 42.0 Å². The predicted molar refractivity (Wildman–Crippen MR) is 131 cm³/mol. The number of piperidine rings is 1. The lowest BCUT2D eigenvalue weighted by Gasteiger charge is -2.47. The van der Waals surface area contributed by atoms with Gasteiger partial charge in [0.05, 0.1) is 18.1 Å². The number of hydrogen-bond donors (Lipinski definition) is 1. The van der Waals surface area contributed by atoms with Gasteiger partial charge in [0.25, 0.3) is 5.91 Å². The number of benzene rings is 1. The van der Waals surface area contributed by atoms with Gasteiger partial charge in [0.15, 0.2) is 0 Å². The van der Waals surface area contributed by atoms with Crippen molar-refractivity contribution in [3.63, 3.8) is 0 Å². The van der Waals surface area contributed by atoms with Gasteiger partial charge in [-0.15, -0.1) is 0 Å². The minimum atomic E-state index is -4.14. The van der Waals surface area contributed by atoms with Crippen LogP contribution < -0.4 is 4.74 Å². The number of aliphatic hydroxyl groups excluding tert-OH is 1. The first-order valence-electron chi connectivity index (χ1n) is 13.1. The zero-order chi connectivity index (χ0) is 26.9. The normalized spacial score (nSPS) is 22.3. The number of carbonyl (C=O) groups excluding carboxylic acids is 1. The molecule has 2 aromatic rings. The van der Waals surface area contributed by atoms with Crippen molar-refractivity contribution in [3.8, 4) is 17.1 Å². The van der Waals surface area contributed by atoms with E-state index >= 15 is 0 Å². The number of hydrogen-bond acceptors (Lipinski definition) is 6. The molecule has 38 heavy (non-hydrogen) atoms. The lowest BCUT2D eigenvalue weighted by molar-refractivity contribution is -0.256. The summed E-state index contributed by atoms with van der Waals surface area (Å²) in [7, 11) is 0. The Morgan fingerprint density at radius 3 is 2.37 bits per heavy atom. The van der Waals surface area contributed by atoms with E-state index in [2.05, 4.69) is 9.97 Å². The van der Waals surface area contributed by atoms with E-state index in [4.69, 9.17) is 4.74 Å². The van der Waals surface area contributed by atoms with Crippen molar-refractivity contribution >= 4 is 5.91 Å². The largest absolute Gasteiger partial charge is 0.463 e. The Balaban J connectivity index is 1.11. The molecule has 1 aromatic heterocycles. The maximum Gasteiger partial charge on any atom is 0.395 e. The van der Waals surface area contributed by atoms with Crippen molar-refractivity contribution in [2.75, 3.05) is 39.3 Å². The molecule has 5 rings (SSSR count). The number of rotatable bonds is 7. The number of aliphatic hydroxyl groups is 1. The van der Waals surface area contributed by atoms with Crippen LogP contribution in [-0.4, -0.2) is 82.4 Å². The molecule has 3 aliphatic rings. The number of amides is 1. The quantitative estimate of drug-likeness (QED) is 0.532. The van der Waals surface area contributed by atoms with Gasteiger partial charge < -0.3 is 19.6 Å². The maximum absolute atomic E-state index is 14.8. The van der Waals surface area contributed by atoms with E-state index in [0.717, 1.165) is 12.8 Å². The Labute approximate surface area is 218 Å². The second kappa shape index (κ2) is 10.8. The molecular formula is C27H32F4N4O3. The predicted octanol–water partition coefficient (Wildman–Crippen LogP) is 4.31. The number of β-amino-alcohol motifs (C(OH)–C–C–N with tert-alkyl or cyclic N) is 1. The van der Waals surface area contributed by atoms with Crippen molar-refractivity contribution in [2.24, 2.45) is 11.3 Å². The summed E-state index contributed by atoms with van der Waals surface area (Å²) < 4.78 is 60.9. The molecule has 3 fully saturated rings. The van der Waals surface area contributed by atoms with Crippen molar-refractivity contribution < 1.29 is 32.2 Å². The van der Waals surface area contributed by atoms with E-state index in [1.54, 1.807) is 6.07 Å². The zero-order valence-corrected chi connectivity index (χ0v) is 21.1.